The topological polar surface area (TPSA) is 58.2 Å². The molecule has 2 N–H and O–H groups in total. The lowest BCUT2D eigenvalue weighted by Gasteiger charge is -2.06. The summed E-state index contributed by atoms with van der Waals surface area (Å²) in [5.41, 5.74) is 0.871. The number of halogens is 1. The number of carbonyl (C=O) groups is 2. The Morgan fingerprint density at radius 2 is 1.90 bits per heavy atom. The van der Waals surface area contributed by atoms with Crippen molar-refractivity contribution in [3.8, 4) is 0 Å². The summed E-state index contributed by atoms with van der Waals surface area (Å²) in [6.07, 6.45) is 2.23. The molecule has 20 heavy (non-hydrogen) atoms. The van der Waals surface area contributed by atoms with Gasteiger partial charge in [-0.15, -0.1) is 6.58 Å². The van der Waals surface area contributed by atoms with Crippen LogP contribution in [0.3, 0.4) is 0 Å². The molecule has 2 amide bonds. The van der Waals surface area contributed by atoms with Gasteiger partial charge in [-0.3, -0.25) is 9.59 Å². The minimum atomic E-state index is -0.220. The van der Waals surface area contributed by atoms with E-state index in [-0.39, 0.29) is 23.7 Å². The molecule has 2 rings (SSSR count). The molecule has 106 valence electrons. The van der Waals surface area contributed by atoms with Gasteiger partial charge in [-0.25, -0.2) is 0 Å². The molecule has 1 aliphatic rings. The molecule has 0 radical (unpaired) electrons. The molecule has 2 atom stereocenters. The monoisotopic (exact) mass is 292 g/mol. The smallest absolute Gasteiger partial charge is 0.224 e. The van der Waals surface area contributed by atoms with Crippen LogP contribution in [0.15, 0.2) is 36.9 Å². The van der Waals surface area contributed by atoms with Crippen LogP contribution in [0.1, 0.15) is 12.0 Å². The van der Waals surface area contributed by atoms with E-state index in [1.807, 2.05) is 18.2 Å². The van der Waals surface area contributed by atoms with Gasteiger partial charge in [0, 0.05) is 18.1 Å². The summed E-state index contributed by atoms with van der Waals surface area (Å²) in [6, 6.07) is 7.36. The van der Waals surface area contributed by atoms with E-state index in [4.69, 9.17) is 11.6 Å². The lowest BCUT2D eigenvalue weighted by Crippen LogP contribution is -2.30. The fourth-order valence-electron chi connectivity index (χ4n) is 2.03. The van der Waals surface area contributed by atoms with Crippen LogP contribution in [0.5, 0.6) is 0 Å². The average molecular weight is 293 g/mol. The molecule has 0 spiro atoms. The highest BCUT2D eigenvalue weighted by Crippen LogP contribution is 2.38. The summed E-state index contributed by atoms with van der Waals surface area (Å²) in [5.74, 6) is -0.602. The van der Waals surface area contributed by atoms with Crippen LogP contribution in [0, 0.1) is 11.8 Å². The maximum Gasteiger partial charge on any atom is 0.224 e. The Balaban J connectivity index is 1.78. The van der Waals surface area contributed by atoms with Crippen molar-refractivity contribution in [1.82, 2.24) is 10.6 Å². The normalized spacial score (nSPS) is 20.1. The number of carbonyl (C=O) groups excluding carboxylic acids is 2. The Morgan fingerprint density at radius 3 is 2.55 bits per heavy atom. The molecule has 0 bridgehead atoms. The van der Waals surface area contributed by atoms with Crippen molar-refractivity contribution in [2.24, 2.45) is 11.8 Å². The van der Waals surface area contributed by atoms with Gasteiger partial charge < -0.3 is 10.6 Å². The van der Waals surface area contributed by atoms with E-state index in [2.05, 4.69) is 17.2 Å². The maximum atomic E-state index is 11.9. The molecule has 0 heterocycles. The highest BCUT2D eigenvalue weighted by molar-refractivity contribution is 6.31. The molecule has 1 aliphatic carbocycles. The fourth-order valence-corrected chi connectivity index (χ4v) is 2.24. The van der Waals surface area contributed by atoms with Gasteiger partial charge in [0.2, 0.25) is 11.8 Å². The van der Waals surface area contributed by atoms with E-state index in [1.54, 1.807) is 12.1 Å². The summed E-state index contributed by atoms with van der Waals surface area (Å²) in [7, 11) is 0. The summed E-state index contributed by atoms with van der Waals surface area (Å²) < 4.78 is 0. The second kappa shape index (κ2) is 6.57. The van der Waals surface area contributed by atoms with E-state index >= 15 is 0 Å². The van der Waals surface area contributed by atoms with Gasteiger partial charge in [0.15, 0.2) is 0 Å². The average Bonchev–Trinajstić information content (AvgIpc) is 3.24. The zero-order valence-electron chi connectivity index (χ0n) is 11.1. The number of hydrogen-bond acceptors (Lipinski definition) is 2. The van der Waals surface area contributed by atoms with E-state index in [0.29, 0.717) is 24.5 Å². The number of amides is 2. The third-order valence-corrected chi connectivity index (χ3v) is 3.66. The molecule has 0 aliphatic heterocycles. The van der Waals surface area contributed by atoms with Crippen molar-refractivity contribution < 1.29 is 9.59 Å². The summed E-state index contributed by atoms with van der Waals surface area (Å²) in [4.78, 5) is 23.6. The van der Waals surface area contributed by atoms with Gasteiger partial charge in [0.1, 0.15) is 0 Å². The molecule has 0 saturated heterocycles. The highest BCUT2D eigenvalue weighted by Gasteiger charge is 2.47. The second-order valence-electron chi connectivity index (χ2n) is 4.79. The fraction of sp³-hybridized carbons (Fsp3) is 0.333. The van der Waals surface area contributed by atoms with Gasteiger partial charge in [0.25, 0.3) is 0 Å². The van der Waals surface area contributed by atoms with Gasteiger partial charge >= 0.3 is 0 Å². The molecule has 5 heteroatoms. The van der Waals surface area contributed by atoms with E-state index in [1.165, 1.54) is 0 Å². The van der Waals surface area contributed by atoms with Crippen molar-refractivity contribution in [3.05, 3.63) is 47.5 Å². The van der Waals surface area contributed by atoms with Crippen LogP contribution in [0.25, 0.3) is 0 Å². The predicted octanol–water partition coefficient (Wildman–Crippen LogP) is 1.89. The Bertz CT molecular complexity index is 530. The van der Waals surface area contributed by atoms with Crippen molar-refractivity contribution in [2.45, 2.75) is 13.0 Å². The minimum Gasteiger partial charge on any atom is -0.352 e. The Labute approximate surface area is 123 Å². The van der Waals surface area contributed by atoms with E-state index in [9.17, 15) is 9.59 Å². The molecule has 2 unspecified atom stereocenters. The number of nitrogens with one attached hydrogen (secondary N) is 2. The van der Waals surface area contributed by atoms with Crippen molar-refractivity contribution in [2.75, 3.05) is 6.54 Å². The number of rotatable bonds is 6. The zero-order chi connectivity index (χ0) is 14.5. The Kier molecular flexibility index (Phi) is 4.79. The van der Waals surface area contributed by atoms with Gasteiger partial charge in [-0.1, -0.05) is 35.9 Å². The van der Waals surface area contributed by atoms with Crippen LogP contribution in [-0.2, 0) is 16.1 Å². The quantitative estimate of drug-likeness (QED) is 0.787. The van der Waals surface area contributed by atoms with Gasteiger partial charge in [0.05, 0.1) is 11.8 Å². The van der Waals surface area contributed by atoms with Crippen molar-refractivity contribution >= 4 is 23.4 Å². The summed E-state index contributed by atoms with van der Waals surface area (Å²) >= 11 is 6.01. The van der Waals surface area contributed by atoms with Crippen molar-refractivity contribution in [1.29, 1.82) is 0 Å². The van der Waals surface area contributed by atoms with Crippen molar-refractivity contribution in [3.63, 3.8) is 0 Å². The first-order valence-corrected chi connectivity index (χ1v) is 6.91. The second-order valence-corrected chi connectivity index (χ2v) is 5.20. The lowest BCUT2D eigenvalue weighted by molar-refractivity contribution is -0.127. The molecule has 1 aromatic carbocycles. The zero-order valence-corrected chi connectivity index (χ0v) is 11.8. The SMILES string of the molecule is C=CCNC(=O)C1CC1C(=O)NCc1ccccc1Cl. The Morgan fingerprint density at radius 1 is 1.25 bits per heavy atom. The van der Waals surface area contributed by atoms with Gasteiger partial charge in [-0.2, -0.15) is 0 Å². The maximum absolute atomic E-state index is 11.9. The van der Waals surface area contributed by atoms with Gasteiger partial charge in [-0.05, 0) is 18.1 Å². The van der Waals surface area contributed by atoms with Crippen LogP contribution in [0.4, 0.5) is 0 Å². The molecule has 1 fully saturated rings. The standard InChI is InChI=1S/C15H17ClN2O2/c1-2-7-17-14(19)11-8-12(11)15(20)18-9-10-5-3-4-6-13(10)16/h2-6,11-12H,1,7-9H2,(H,17,19)(H,18,20). The van der Waals surface area contributed by atoms with Crippen LogP contribution < -0.4 is 10.6 Å². The molecular weight excluding hydrogens is 276 g/mol. The molecular formula is C15H17ClN2O2. The first-order chi connectivity index (χ1) is 9.63. The van der Waals surface area contributed by atoms with Crippen LogP contribution in [-0.4, -0.2) is 18.4 Å². The predicted molar refractivity (Wildman–Crippen MR) is 78.1 cm³/mol. The molecule has 0 aromatic heterocycles. The van der Waals surface area contributed by atoms with E-state index in [0.717, 1.165) is 5.56 Å². The minimum absolute atomic E-state index is 0.0807. The molecule has 1 aromatic rings. The Hall–Kier alpha value is -1.81. The van der Waals surface area contributed by atoms with Crippen LogP contribution >= 0.6 is 11.6 Å². The third-order valence-electron chi connectivity index (χ3n) is 3.30. The lowest BCUT2D eigenvalue weighted by atomic mass is 10.2. The number of hydrogen-bond donors (Lipinski definition) is 2. The van der Waals surface area contributed by atoms with E-state index < -0.39 is 0 Å². The summed E-state index contributed by atoms with van der Waals surface area (Å²) in [6.45, 7) is 4.35. The molecule has 4 nitrogen and oxygen atoms in total. The third kappa shape index (κ3) is 3.61. The number of benzene rings is 1. The largest absolute Gasteiger partial charge is 0.352 e. The van der Waals surface area contributed by atoms with Crippen LogP contribution in [0.2, 0.25) is 5.02 Å². The first-order valence-electron chi connectivity index (χ1n) is 6.53. The highest BCUT2D eigenvalue weighted by atomic mass is 35.5. The first kappa shape index (κ1) is 14.6. The molecule has 1 saturated carbocycles. The summed E-state index contributed by atoms with van der Waals surface area (Å²) in [5, 5.41) is 6.15.